The van der Waals surface area contributed by atoms with E-state index in [0.717, 1.165) is 0 Å². The van der Waals surface area contributed by atoms with Crippen molar-refractivity contribution >= 4 is 51.8 Å². The molecule has 0 saturated heterocycles. The fourth-order valence-corrected chi connectivity index (χ4v) is 2.73. The zero-order valence-electron chi connectivity index (χ0n) is 13.6. The minimum atomic E-state index is -1.05. The van der Waals surface area contributed by atoms with E-state index in [1.165, 1.54) is 25.3 Å². The first-order valence-electron chi connectivity index (χ1n) is 7.62. The molecule has 0 radical (unpaired) electrons. The molecule has 1 unspecified atom stereocenters. The molecule has 132 valence electrons. The molecule has 3 aromatic rings. The number of carbonyl (C=O) groups excluding carboxylic acids is 2. The highest BCUT2D eigenvalue weighted by molar-refractivity contribution is 6.35. The summed E-state index contributed by atoms with van der Waals surface area (Å²) in [6, 6.07) is 11.7. The van der Waals surface area contributed by atoms with Crippen molar-refractivity contribution in [2.24, 2.45) is 0 Å². The Kier molecular flexibility index (Phi) is 5.35. The van der Waals surface area contributed by atoms with E-state index in [-0.39, 0.29) is 5.69 Å². The number of ether oxygens (including phenoxy) is 1. The van der Waals surface area contributed by atoms with Crippen molar-refractivity contribution in [3.8, 4) is 0 Å². The van der Waals surface area contributed by atoms with Crippen LogP contribution in [0.4, 0.5) is 5.69 Å². The van der Waals surface area contributed by atoms with Crippen molar-refractivity contribution in [2.75, 3.05) is 5.32 Å². The molecular weight excluding hydrogens is 377 g/mol. The van der Waals surface area contributed by atoms with Gasteiger partial charge in [-0.2, -0.15) is 0 Å². The second-order valence-corrected chi connectivity index (χ2v) is 6.31. The number of anilines is 1. The number of nitrogens with one attached hydrogen (secondary N) is 1. The van der Waals surface area contributed by atoms with Crippen molar-refractivity contribution in [1.29, 1.82) is 0 Å². The first-order valence-corrected chi connectivity index (χ1v) is 8.38. The van der Waals surface area contributed by atoms with Crippen LogP contribution >= 0.6 is 23.2 Å². The predicted molar refractivity (Wildman–Crippen MR) is 99.5 cm³/mol. The van der Waals surface area contributed by atoms with E-state index in [4.69, 9.17) is 27.9 Å². The number of amides is 1. The van der Waals surface area contributed by atoms with Crippen LogP contribution < -0.4 is 5.32 Å². The summed E-state index contributed by atoms with van der Waals surface area (Å²) in [7, 11) is 0. The number of hydrogen-bond donors (Lipinski definition) is 1. The van der Waals surface area contributed by atoms with Crippen LogP contribution in [0, 0.1) is 0 Å². The fourth-order valence-electron chi connectivity index (χ4n) is 2.20. The van der Waals surface area contributed by atoms with Crippen molar-refractivity contribution in [1.82, 2.24) is 9.97 Å². The van der Waals surface area contributed by atoms with E-state index >= 15 is 0 Å². The largest absolute Gasteiger partial charge is 0.448 e. The third-order valence-electron chi connectivity index (χ3n) is 3.44. The average molecular weight is 390 g/mol. The van der Waals surface area contributed by atoms with Crippen LogP contribution in [-0.2, 0) is 9.53 Å². The van der Waals surface area contributed by atoms with Gasteiger partial charge >= 0.3 is 5.97 Å². The van der Waals surface area contributed by atoms with Crippen LogP contribution in [0.3, 0.4) is 0 Å². The summed E-state index contributed by atoms with van der Waals surface area (Å²) in [5.41, 5.74) is 1.65. The van der Waals surface area contributed by atoms with Crippen molar-refractivity contribution in [3.63, 3.8) is 0 Å². The second kappa shape index (κ2) is 7.68. The molecule has 0 aliphatic carbocycles. The van der Waals surface area contributed by atoms with Gasteiger partial charge < -0.3 is 10.1 Å². The zero-order valence-corrected chi connectivity index (χ0v) is 15.1. The van der Waals surface area contributed by atoms with Gasteiger partial charge in [-0.1, -0.05) is 35.3 Å². The summed E-state index contributed by atoms with van der Waals surface area (Å²) < 4.78 is 5.16. The van der Waals surface area contributed by atoms with Gasteiger partial charge in [-0.3, -0.25) is 9.78 Å². The van der Waals surface area contributed by atoms with E-state index in [2.05, 4.69) is 15.3 Å². The van der Waals surface area contributed by atoms with Gasteiger partial charge in [0.15, 0.2) is 11.8 Å². The summed E-state index contributed by atoms with van der Waals surface area (Å²) in [6.07, 6.45) is 0.264. The van der Waals surface area contributed by atoms with Crippen molar-refractivity contribution in [3.05, 3.63) is 64.4 Å². The predicted octanol–water partition coefficient (Wildman–Crippen LogP) is 4.12. The van der Waals surface area contributed by atoms with E-state index in [1.807, 2.05) is 6.07 Å². The molecule has 0 aliphatic heterocycles. The van der Waals surface area contributed by atoms with E-state index < -0.39 is 18.0 Å². The average Bonchev–Trinajstić information content (AvgIpc) is 2.60. The lowest BCUT2D eigenvalue weighted by Crippen LogP contribution is -2.30. The Balaban J connectivity index is 1.68. The third kappa shape index (κ3) is 4.28. The number of halogens is 2. The molecule has 0 bridgehead atoms. The van der Waals surface area contributed by atoms with Gasteiger partial charge in [0.05, 0.1) is 17.2 Å². The SMILES string of the molecule is CC(OC(=O)c1cnc2ccccc2n1)C(=O)Nc1cc(Cl)cc(Cl)c1. The number of para-hydroxylation sites is 2. The number of rotatable bonds is 4. The van der Waals surface area contributed by atoms with Crippen molar-refractivity contribution < 1.29 is 14.3 Å². The number of benzene rings is 2. The molecule has 0 aliphatic rings. The first-order chi connectivity index (χ1) is 12.4. The van der Waals surface area contributed by atoms with Crippen molar-refractivity contribution in [2.45, 2.75) is 13.0 Å². The minimum absolute atomic E-state index is 0.0224. The molecular formula is C18H13Cl2N3O3. The number of esters is 1. The topological polar surface area (TPSA) is 81.2 Å². The van der Waals surface area contributed by atoms with Gasteiger partial charge in [-0.05, 0) is 37.3 Å². The highest BCUT2D eigenvalue weighted by atomic mass is 35.5. The lowest BCUT2D eigenvalue weighted by atomic mass is 10.3. The molecule has 1 aromatic heterocycles. The third-order valence-corrected chi connectivity index (χ3v) is 3.88. The first kappa shape index (κ1) is 18.1. The summed E-state index contributed by atoms with van der Waals surface area (Å²) >= 11 is 11.8. The second-order valence-electron chi connectivity index (χ2n) is 5.44. The lowest BCUT2D eigenvalue weighted by Gasteiger charge is -2.13. The van der Waals surface area contributed by atoms with E-state index in [9.17, 15) is 9.59 Å². The Morgan fingerprint density at radius 2 is 1.73 bits per heavy atom. The Labute approximate surface area is 159 Å². The van der Waals surface area contributed by atoms with Crippen LogP contribution in [0.25, 0.3) is 11.0 Å². The highest BCUT2D eigenvalue weighted by Crippen LogP contribution is 2.22. The Morgan fingerprint density at radius 1 is 1.08 bits per heavy atom. The monoisotopic (exact) mass is 389 g/mol. The summed E-state index contributed by atoms with van der Waals surface area (Å²) in [5.74, 6) is -1.26. The van der Waals surface area contributed by atoms with E-state index in [1.54, 1.807) is 24.3 Å². The number of aromatic nitrogens is 2. The molecule has 1 N–H and O–H groups in total. The Morgan fingerprint density at radius 3 is 2.42 bits per heavy atom. The molecule has 3 rings (SSSR count). The molecule has 1 atom stereocenters. The van der Waals surface area contributed by atoms with Gasteiger partial charge in [0, 0.05) is 15.7 Å². The Bertz CT molecular complexity index is 974. The quantitative estimate of drug-likeness (QED) is 0.678. The lowest BCUT2D eigenvalue weighted by molar-refractivity contribution is -0.123. The Hall–Kier alpha value is -2.70. The fraction of sp³-hybridized carbons (Fsp3) is 0.111. The minimum Gasteiger partial charge on any atom is -0.448 e. The molecule has 8 heteroatoms. The number of nitrogens with zero attached hydrogens (tertiary/aromatic N) is 2. The summed E-state index contributed by atoms with van der Waals surface area (Å²) in [4.78, 5) is 32.8. The molecule has 6 nitrogen and oxygen atoms in total. The molecule has 0 fully saturated rings. The molecule has 2 aromatic carbocycles. The van der Waals surface area contributed by atoms with Crippen LogP contribution in [0.2, 0.25) is 10.0 Å². The number of fused-ring (bicyclic) bond motifs is 1. The van der Waals surface area contributed by atoms with Crippen LogP contribution in [-0.4, -0.2) is 27.9 Å². The molecule has 0 saturated carbocycles. The standard InChI is InChI=1S/C18H13Cl2N3O3/c1-10(17(24)22-13-7-11(19)6-12(20)8-13)26-18(25)16-9-21-14-4-2-3-5-15(14)23-16/h2-10H,1H3,(H,22,24). The smallest absolute Gasteiger partial charge is 0.359 e. The van der Waals surface area contributed by atoms with Crippen LogP contribution in [0.5, 0.6) is 0 Å². The molecule has 1 heterocycles. The number of carbonyl (C=O) groups is 2. The van der Waals surface area contributed by atoms with Gasteiger partial charge in [0.25, 0.3) is 5.91 Å². The number of hydrogen-bond acceptors (Lipinski definition) is 5. The zero-order chi connectivity index (χ0) is 18.7. The molecule has 26 heavy (non-hydrogen) atoms. The van der Waals surface area contributed by atoms with Crippen LogP contribution in [0.1, 0.15) is 17.4 Å². The van der Waals surface area contributed by atoms with Gasteiger partial charge in [-0.25, -0.2) is 9.78 Å². The summed E-state index contributed by atoms with van der Waals surface area (Å²) in [6.45, 7) is 1.45. The van der Waals surface area contributed by atoms with Gasteiger partial charge in [0.2, 0.25) is 0 Å². The molecule has 0 spiro atoms. The maximum absolute atomic E-state index is 12.2. The van der Waals surface area contributed by atoms with E-state index in [0.29, 0.717) is 26.8 Å². The van der Waals surface area contributed by atoms with Gasteiger partial charge in [0.1, 0.15) is 0 Å². The molecule has 1 amide bonds. The van der Waals surface area contributed by atoms with Crippen LogP contribution in [0.15, 0.2) is 48.7 Å². The highest BCUT2D eigenvalue weighted by Gasteiger charge is 2.20. The maximum atomic E-state index is 12.2. The summed E-state index contributed by atoms with van der Waals surface area (Å²) in [5, 5.41) is 3.35. The van der Waals surface area contributed by atoms with Gasteiger partial charge in [-0.15, -0.1) is 0 Å². The maximum Gasteiger partial charge on any atom is 0.359 e. The normalized spacial score (nSPS) is 11.8.